The molecule has 1 aromatic carbocycles. The highest BCUT2D eigenvalue weighted by Crippen LogP contribution is 2.38. The number of rotatable bonds is 2. The first-order valence-corrected chi connectivity index (χ1v) is 6.46. The van der Waals surface area contributed by atoms with E-state index in [0.717, 1.165) is 16.8 Å². The molecular weight excluding hydrogens is 254 g/mol. The summed E-state index contributed by atoms with van der Waals surface area (Å²) < 4.78 is 5.24. The molecule has 0 spiro atoms. The van der Waals surface area contributed by atoms with E-state index in [1.165, 1.54) is 6.26 Å². The van der Waals surface area contributed by atoms with Gasteiger partial charge in [-0.15, -0.1) is 0 Å². The summed E-state index contributed by atoms with van der Waals surface area (Å²) in [7, 11) is 0. The topological polar surface area (TPSA) is 59.3 Å². The third-order valence-corrected chi connectivity index (χ3v) is 3.84. The molecule has 3 rings (SSSR count). The normalized spacial score (nSPS) is 15.8. The average molecular weight is 269 g/mol. The lowest BCUT2D eigenvalue weighted by molar-refractivity contribution is -0.119. The van der Waals surface area contributed by atoms with Gasteiger partial charge < -0.3 is 9.73 Å². The van der Waals surface area contributed by atoms with Gasteiger partial charge in [-0.05, 0) is 56.2 Å². The molecule has 0 radical (unpaired) electrons. The average Bonchev–Trinajstić information content (AvgIpc) is 2.92. The fourth-order valence-corrected chi connectivity index (χ4v) is 2.45. The van der Waals surface area contributed by atoms with Gasteiger partial charge in [-0.2, -0.15) is 0 Å². The third-order valence-electron chi connectivity index (χ3n) is 3.84. The fraction of sp³-hybridized carbons (Fsp3) is 0.250. The molecule has 1 N–H and O–H groups in total. The van der Waals surface area contributed by atoms with Crippen LogP contribution in [0, 0.1) is 6.92 Å². The van der Waals surface area contributed by atoms with Crippen LogP contribution < -0.4 is 5.32 Å². The van der Waals surface area contributed by atoms with Gasteiger partial charge >= 0.3 is 0 Å². The molecule has 0 atom stereocenters. The van der Waals surface area contributed by atoms with E-state index in [4.69, 9.17) is 4.42 Å². The van der Waals surface area contributed by atoms with Crippen LogP contribution in [0.2, 0.25) is 0 Å². The molecule has 0 aliphatic carbocycles. The van der Waals surface area contributed by atoms with Crippen LogP contribution in [0.15, 0.2) is 34.9 Å². The third kappa shape index (κ3) is 1.68. The van der Waals surface area contributed by atoms with Gasteiger partial charge in [0.2, 0.25) is 11.7 Å². The standard InChI is InChI=1S/C16H15NO3/c1-9-6-7-20-14(9)13(18)10-4-5-12-11(8-10)16(2,3)15(19)17-12/h4-8H,1-3H3,(H,17,19). The second-order valence-corrected chi connectivity index (χ2v) is 5.60. The Morgan fingerprint density at radius 1 is 1.25 bits per heavy atom. The van der Waals surface area contributed by atoms with Crippen LogP contribution in [0.3, 0.4) is 0 Å². The molecule has 4 nitrogen and oxygen atoms in total. The van der Waals surface area contributed by atoms with Crippen molar-refractivity contribution in [2.75, 3.05) is 5.32 Å². The molecule has 4 heteroatoms. The Balaban J connectivity index is 2.07. The fourth-order valence-electron chi connectivity index (χ4n) is 2.45. The summed E-state index contributed by atoms with van der Waals surface area (Å²) in [6, 6.07) is 7.02. The summed E-state index contributed by atoms with van der Waals surface area (Å²) in [6.45, 7) is 5.53. The first-order chi connectivity index (χ1) is 9.41. The minimum Gasteiger partial charge on any atom is -0.461 e. The maximum atomic E-state index is 12.4. The molecule has 0 unspecified atom stereocenters. The lowest BCUT2D eigenvalue weighted by Crippen LogP contribution is -2.27. The highest BCUT2D eigenvalue weighted by atomic mass is 16.3. The largest absolute Gasteiger partial charge is 0.461 e. The number of fused-ring (bicyclic) bond motifs is 1. The zero-order valence-electron chi connectivity index (χ0n) is 11.6. The van der Waals surface area contributed by atoms with Crippen LogP contribution in [0.4, 0.5) is 5.69 Å². The zero-order chi connectivity index (χ0) is 14.5. The number of furan rings is 1. The Labute approximate surface area is 116 Å². The molecule has 2 aromatic rings. The van der Waals surface area contributed by atoms with Crippen LogP contribution in [0.1, 0.15) is 41.1 Å². The molecule has 0 bridgehead atoms. The van der Waals surface area contributed by atoms with Gasteiger partial charge in [0.1, 0.15) is 0 Å². The molecule has 1 aliphatic heterocycles. The molecule has 1 amide bonds. The number of amides is 1. The van der Waals surface area contributed by atoms with Crippen LogP contribution in [-0.4, -0.2) is 11.7 Å². The Morgan fingerprint density at radius 3 is 2.65 bits per heavy atom. The second kappa shape index (κ2) is 4.07. The SMILES string of the molecule is Cc1ccoc1C(=O)c1ccc2c(c1)C(C)(C)C(=O)N2. The number of anilines is 1. The number of nitrogens with one attached hydrogen (secondary N) is 1. The minimum absolute atomic E-state index is 0.0497. The molecule has 20 heavy (non-hydrogen) atoms. The van der Waals surface area contributed by atoms with Crippen molar-refractivity contribution in [1.29, 1.82) is 0 Å². The van der Waals surface area contributed by atoms with E-state index in [9.17, 15) is 9.59 Å². The van der Waals surface area contributed by atoms with E-state index in [1.807, 2.05) is 20.8 Å². The van der Waals surface area contributed by atoms with Gasteiger partial charge in [-0.1, -0.05) is 0 Å². The van der Waals surface area contributed by atoms with Gasteiger partial charge in [0, 0.05) is 11.3 Å². The monoisotopic (exact) mass is 269 g/mol. The molecule has 0 fully saturated rings. The van der Waals surface area contributed by atoms with E-state index in [-0.39, 0.29) is 11.7 Å². The Hall–Kier alpha value is -2.36. The van der Waals surface area contributed by atoms with Crippen molar-refractivity contribution in [3.8, 4) is 0 Å². The summed E-state index contributed by atoms with van der Waals surface area (Å²) in [4.78, 5) is 24.3. The second-order valence-electron chi connectivity index (χ2n) is 5.60. The molecule has 1 aliphatic rings. The predicted molar refractivity (Wildman–Crippen MR) is 75.0 cm³/mol. The van der Waals surface area contributed by atoms with Crippen LogP contribution >= 0.6 is 0 Å². The minimum atomic E-state index is -0.621. The van der Waals surface area contributed by atoms with Crippen molar-refractivity contribution < 1.29 is 14.0 Å². The molecule has 1 aromatic heterocycles. The summed E-state index contributed by atoms with van der Waals surface area (Å²) >= 11 is 0. The number of aryl methyl sites for hydroxylation is 1. The Kier molecular flexibility index (Phi) is 2.57. The number of ketones is 1. The number of carbonyl (C=O) groups is 2. The number of carbonyl (C=O) groups excluding carboxylic acids is 2. The van der Waals surface area contributed by atoms with Crippen molar-refractivity contribution in [2.45, 2.75) is 26.2 Å². The van der Waals surface area contributed by atoms with Crippen LogP contribution in [-0.2, 0) is 10.2 Å². The van der Waals surface area contributed by atoms with E-state index in [2.05, 4.69) is 5.32 Å². The van der Waals surface area contributed by atoms with Gasteiger partial charge in [0.25, 0.3) is 0 Å². The van der Waals surface area contributed by atoms with Crippen molar-refractivity contribution in [1.82, 2.24) is 0 Å². The Morgan fingerprint density at radius 2 is 2.00 bits per heavy atom. The number of hydrogen-bond donors (Lipinski definition) is 1. The van der Waals surface area contributed by atoms with Gasteiger partial charge in [0.15, 0.2) is 5.76 Å². The van der Waals surface area contributed by atoms with Gasteiger partial charge in [-0.3, -0.25) is 9.59 Å². The van der Waals surface area contributed by atoms with E-state index in [1.54, 1.807) is 24.3 Å². The summed E-state index contributed by atoms with van der Waals surface area (Å²) in [6.07, 6.45) is 1.50. The van der Waals surface area contributed by atoms with Crippen molar-refractivity contribution in [2.24, 2.45) is 0 Å². The maximum Gasteiger partial charge on any atom is 0.234 e. The molecule has 2 heterocycles. The first-order valence-electron chi connectivity index (χ1n) is 6.46. The van der Waals surface area contributed by atoms with E-state index >= 15 is 0 Å². The van der Waals surface area contributed by atoms with Crippen molar-refractivity contribution >= 4 is 17.4 Å². The predicted octanol–water partition coefficient (Wildman–Crippen LogP) is 3.05. The van der Waals surface area contributed by atoms with Crippen LogP contribution in [0.5, 0.6) is 0 Å². The smallest absolute Gasteiger partial charge is 0.234 e. The number of benzene rings is 1. The molecule has 0 saturated heterocycles. The molecular formula is C16H15NO3. The van der Waals surface area contributed by atoms with Crippen LogP contribution in [0.25, 0.3) is 0 Å². The van der Waals surface area contributed by atoms with Crippen molar-refractivity contribution in [3.05, 3.63) is 53.0 Å². The van der Waals surface area contributed by atoms with Gasteiger partial charge in [0.05, 0.1) is 11.7 Å². The first kappa shape index (κ1) is 12.7. The summed E-state index contributed by atoms with van der Waals surface area (Å²) in [5, 5.41) is 2.83. The summed E-state index contributed by atoms with van der Waals surface area (Å²) in [5.74, 6) is 0.136. The maximum absolute atomic E-state index is 12.4. The number of hydrogen-bond acceptors (Lipinski definition) is 3. The van der Waals surface area contributed by atoms with Crippen molar-refractivity contribution in [3.63, 3.8) is 0 Å². The zero-order valence-corrected chi connectivity index (χ0v) is 11.6. The Bertz CT molecular complexity index is 725. The highest BCUT2D eigenvalue weighted by Gasteiger charge is 2.38. The lowest BCUT2D eigenvalue weighted by Gasteiger charge is -2.15. The van der Waals surface area contributed by atoms with E-state index < -0.39 is 5.41 Å². The highest BCUT2D eigenvalue weighted by molar-refractivity contribution is 6.10. The molecule has 0 saturated carbocycles. The molecule has 102 valence electrons. The summed E-state index contributed by atoms with van der Waals surface area (Å²) in [5.41, 5.74) is 2.34. The van der Waals surface area contributed by atoms with Gasteiger partial charge in [-0.25, -0.2) is 0 Å². The lowest BCUT2D eigenvalue weighted by atomic mass is 9.85. The quantitative estimate of drug-likeness (QED) is 0.852. The van der Waals surface area contributed by atoms with E-state index in [0.29, 0.717) is 11.3 Å².